The molecule has 0 aliphatic carbocycles. The van der Waals surface area contributed by atoms with Crippen molar-refractivity contribution in [3.8, 4) is 0 Å². The molecule has 0 aromatic carbocycles. The Labute approximate surface area is 73.8 Å². The number of nitrogens with zero attached hydrogens (tertiary/aromatic N) is 1. The molecule has 0 bridgehead atoms. The molecule has 1 N–H and O–H groups in total. The zero-order valence-electron chi connectivity index (χ0n) is 7.87. The molecule has 0 aromatic rings. The molecule has 3 nitrogen and oxygen atoms in total. The summed E-state index contributed by atoms with van der Waals surface area (Å²) in [6.07, 6.45) is 6.17. The van der Waals surface area contributed by atoms with Crippen LogP contribution in [0.25, 0.3) is 0 Å². The number of carbonyl (C=O) groups is 1. The minimum absolute atomic E-state index is 0.711. The molecule has 0 rings (SSSR count). The Morgan fingerprint density at radius 2 is 2.17 bits per heavy atom. The van der Waals surface area contributed by atoms with E-state index in [1.54, 1.807) is 6.08 Å². The van der Waals surface area contributed by atoms with Gasteiger partial charge < -0.3 is 10.2 Å². The van der Waals surface area contributed by atoms with Crippen molar-refractivity contribution in [2.24, 2.45) is 0 Å². The number of hydrogen-bond donors (Lipinski definition) is 1. The normalized spacial score (nSPS) is 12.1. The third-order valence-corrected chi connectivity index (χ3v) is 1.25. The van der Waals surface area contributed by atoms with Gasteiger partial charge in [-0.1, -0.05) is 0 Å². The van der Waals surface area contributed by atoms with Gasteiger partial charge in [-0.05, 0) is 31.0 Å². The SMILES string of the molecule is CNCC(/C=C\N(C)C)=C/C=O. The van der Waals surface area contributed by atoms with Crippen LogP contribution >= 0.6 is 0 Å². The predicted molar refractivity (Wildman–Crippen MR) is 50.9 cm³/mol. The third-order valence-electron chi connectivity index (χ3n) is 1.25. The average Bonchev–Trinajstić information content (AvgIpc) is 2.01. The summed E-state index contributed by atoms with van der Waals surface area (Å²) >= 11 is 0. The summed E-state index contributed by atoms with van der Waals surface area (Å²) in [7, 11) is 5.73. The average molecular weight is 168 g/mol. The smallest absolute Gasteiger partial charge is 0.143 e. The minimum Gasteiger partial charge on any atom is -0.383 e. The summed E-state index contributed by atoms with van der Waals surface area (Å²) < 4.78 is 0. The topological polar surface area (TPSA) is 32.3 Å². The number of rotatable bonds is 5. The monoisotopic (exact) mass is 168 g/mol. The standard InChI is InChI=1S/C9H16N2O/c1-10-8-9(5-7-12)4-6-11(2)3/h4-7,10H,8H2,1-3H3/b6-4-,9-5+. The highest BCUT2D eigenvalue weighted by molar-refractivity contribution is 5.67. The van der Waals surface area contributed by atoms with Crippen molar-refractivity contribution in [1.82, 2.24) is 10.2 Å². The molecule has 0 spiro atoms. The number of likely N-dealkylation sites (N-methyl/N-ethyl adjacent to an activating group) is 1. The minimum atomic E-state index is 0.711. The summed E-state index contributed by atoms with van der Waals surface area (Å²) in [5, 5.41) is 2.98. The Kier molecular flexibility index (Phi) is 6.01. The molecule has 0 aliphatic rings. The van der Waals surface area contributed by atoms with E-state index in [0.717, 1.165) is 11.9 Å². The fraction of sp³-hybridized carbons (Fsp3) is 0.444. The van der Waals surface area contributed by atoms with E-state index in [0.29, 0.717) is 6.54 Å². The maximum absolute atomic E-state index is 10.2. The van der Waals surface area contributed by atoms with Gasteiger partial charge in [0, 0.05) is 20.6 Å². The summed E-state index contributed by atoms with van der Waals surface area (Å²) in [6.45, 7) is 0.711. The summed E-state index contributed by atoms with van der Waals surface area (Å²) in [5.74, 6) is 0. The van der Waals surface area contributed by atoms with E-state index in [1.165, 1.54) is 0 Å². The molecule has 0 atom stereocenters. The number of allylic oxidation sites excluding steroid dienone is 1. The first kappa shape index (κ1) is 10.9. The summed E-state index contributed by atoms with van der Waals surface area (Å²) in [6, 6.07) is 0. The summed E-state index contributed by atoms with van der Waals surface area (Å²) in [4.78, 5) is 12.1. The molecule has 0 unspecified atom stereocenters. The van der Waals surface area contributed by atoms with Crippen molar-refractivity contribution in [2.45, 2.75) is 0 Å². The van der Waals surface area contributed by atoms with E-state index in [9.17, 15) is 4.79 Å². The molecule has 0 radical (unpaired) electrons. The van der Waals surface area contributed by atoms with Crippen LogP contribution in [0.3, 0.4) is 0 Å². The second-order valence-electron chi connectivity index (χ2n) is 2.69. The Morgan fingerprint density at radius 1 is 1.50 bits per heavy atom. The zero-order chi connectivity index (χ0) is 9.40. The maximum atomic E-state index is 10.2. The largest absolute Gasteiger partial charge is 0.383 e. The van der Waals surface area contributed by atoms with Gasteiger partial charge in [-0.15, -0.1) is 0 Å². The van der Waals surface area contributed by atoms with Gasteiger partial charge in [0.15, 0.2) is 0 Å². The van der Waals surface area contributed by atoms with Gasteiger partial charge in [0.25, 0.3) is 0 Å². The highest BCUT2D eigenvalue weighted by Gasteiger charge is 1.88. The molecule has 0 amide bonds. The Hall–Kier alpha value is -1.09. The lowest BCUT2D eigenvalue weighted by Crippen LogP contribution is -2.10. The van der Waals surface area contributed by atoms with E-state index in [2.05, 4.69) is 5.32 Å². The summed E-state index contributed by atoms with van der Waals surface area (Å²) in [5.41, 5.74) is 0.973. The quantitative estimate of drug-likeness (QED) is 0.366. The molecule has 0 heterocycles. The first-order valence-corrected chi connectivity index (χ1v) is 3.84. The lowest BCUT2D eigenvalue weighted by Gasteiger charge is -2.04. The predicted octanol–water partition coefficient (Wildman–Crippen LogP) is 0.406. The first-order chi connectivity index (χ1) is 5.70. The van der Waals surface area contributed by atoms with E-state index in [-0.39, 0.29) is 0 Å². The maximum Gasteiger partial charge on any atom is 0.143 e. The van der Waals surface area contributed by atoms with Gasteiger partial charge in [-0.3, -0.25) is 4.79 Å². The highest BCUT2D eigenvalue weighted by Crippen LogP contribution is 1.93. The molecule has 0 fully saturated rings. The van der Waals surface area contributed by atoms with Crippen LogP contribution in [0.5, 0.6) is 0 Å². The fourth-order valence-electron chi connectivity index (χ4n) is 0.710. The van der Waals surface area contributed by atoms with Crippen LogP contribution in [0.2, 0.25) is 0 Å². The van der Waals surface area contributed by atoms with Gasteiger partial charge in [-0.2, -0.15) is 0 Å². The number of nitrogens with one attached hydrogen (secondary N) is 1. The highest BCUT2D eigenvalue weighted by atomic mass is 16.1. The molecule has 12 heavy (non-hydrogen) atoms. The van der Waals surface area contributed by atoms with Crippen LogP contribution in [0.4, 0.5) is 0 Å². The van der Waals surface area contributed by atoms with Gasteiger partial charge in [0.2, 0.25) is 0 Å². The van der Waals surface area contributed by atoms with Crippen LogP contribution in [-0.2, 0) is 4.79 Å². The Bertz CT molecular complexity index is 183. The van der Waals surface area contributed by atoms with E-state index in [4.69, 9.17) is 0 Å². The van der Waals surface area contributed by atoms with Crippen LogP contribution in [-0.4, -0.2) is 38.9 Å². The van der Waals surface area contributed by atoms with E-state index >= 15 is 0 Å². The molecule has 0 aliphatic heterocycles. The van der Waals surface area contributed by atoms with E-state index in [1.807, 2.05) is 38.3 Å². The van der Waals surface area contributed by atoms with Crippen LogP contribution in [0, 0.1) is 0 Å². The van der Waals surface area contributed by atoms with Gasteiger partial charge in [0.05, 0.1) is 0 Å². The number of carbonyl (C=O) groups excluding carboxylic acids is 1. The van der Waals surface area contributed by atoms with E-state index < -0.39 is 0 Å². The van der Waals surface area contributed by atoms with Gasteiger partial charge in [0.1, 0.15) is 6.29 Å². The van der Waals surface area contributed by atoms with Crippen molar-refractivity contribution < 1.29 is 4.79 Å². The van der Waals surface area contributed by atoms with Crippen LogP contribution in [0.15, 0.2) is 23.9 Å². The molecule has 68 valence electrons. The fourth-order valence-corrected chi connectivity index (χ4v) is 0.710. The lowest BCUT2D eigenvalue weighted by molar-refractivity contribution is -0.104. The molecule has 3 heteroatoms. The second-order valence-corrected chi connectivity index (χ2v) is 2.69. The van der Waals surface area contributed by atoms with Crippen molar-refractivity contribution in [2.75, 3.05) is 27.7 Å². The molecular formula is C9H16N2O. The Balaban J connectivity index is 4.12. The zero-order valence-corrected chi connectivity index (χ0v) is 7.87. The third kappa shape index (κ3) is 5.68. The first-order valence-electron chi connectivity index (χ1n) is 3.84. The van der Waals surface area contributed by atoms with Crippen molar-refractivity contribution >= 4 is 6.29 Å². The van der Waals surface area contributed by atoms with Gasteiger partial charge in [-0.25, -0.2) is 0 Å². The van der Waals surface area contributed by atoms with Crippen molar-refractivity contribution in [1.29, 1.82) is 0 Å². The van der Waals surface area contributed by atoms with Crippen molar-refractivity contribution in [3.05, 3.63) is 23.9 Å². The van der Waals surface area contributed by atoms with Gasteiger partial charge >= 0.3 is 0 Å². The number of hydrogen-bond acceptors (Lipinski definition) is 3. The van der Waals surface area contributed by atoms with Crippen LogP contribution in [0.1, 0.15) is 0 Å². The van der Waals surface area contributed by atoms with Crippen molar-refractivity contribution in [3.63, 3.8) is 0 Å². The number of aldehydes is 1. The molecular weight excluding hydrogens is 152 g/mol. The molecule has 0 aromatic heterocycles. The lowest BCUT2D eigenvalue weighted by atomic mass is 10.2. The Morgan fingerprint density at radius 3 is 2.58 bits per heavy atom. The molecule has 0 saturated heterocycles. The second kappa shape index (κ2) is 6.61. The molecule has 0 saturated carbocycles. The van der Waals surface area contributed by atoms with Crippen LogP contribution < -0.4 is 5.32 Å².